The van der Waals surface area contributed by atoms with Crippen LogP contribution >= 0.6 is 0 Å². The predicted molar refractivity (Wildman–Crippen MR) is 122 cm³/mol. The maximum atomic E-state index is 12.6. The summed E-state index contributed by atoms with van der Waals surface area (Å²) in [6.45, 7) is 2.93. The first-order chi connectivity index (χ1) is 16.0. The number of hydrogen-bond donors (Lipinski definition) is 2. The maximum absolute atomic E-state index is 12.6. The van der Waals surface area contributed by atoms with Gasteiger partial charge in [-0.3, -0.25) is 19.9 Å². The summed E-state index contributed by atoms with van der Waals surface area (Å²) in [5.41, 5.74) is 1.81. The molecule has 10 nitrogen and oxygen atoms in total. The Hall–Kier alpha value is -4.05. The van der Waals surface area contributed by atoms with Crippen LogP contribution in [0.5, 0.6) is 5.88 Å². The van der Waals surface area contributed by atoms with Gasteiger partial charge in [-0.15, -0.1) is 0 Å². The zero-order valence-corrected chi connectivity index (χ0v) is 18.4. The van der Waals surface area contributed by atoms with Crippen molar-refractivity contribution in [3.8, 4) is 5.88 Å². The molecule has 0 aliphatic heterocycles. The number of hydrogen-bond acceptors (Lipinski definition) is 8. The molecule has 3 rings (SSSR count). The van der Waals surface area contributed by atoms with Crippen LogP contribution in [0, 0.1) is 10.1 Å². The number of ether oxygens (including phenoxy) is 2. The van der Waals surface area contributed by atoms with E-state index in [1.807, 2.05) is 19.1 Å². The van der Waals surface area contributed by atoms with Crippen molar-refractivity contribution in [2.75, 3.05) is 25.6 Å². The Morgan fingerprint density at radius 1 is 1.15 bits per heavy atom. The molecule has 2 aromatic heterocycles. The molecule has 0 saturated heterocycles. The van der Waals surface area contributed by atoms with Crippen molar-refractivity contribution < 1.29 is 19.2 Å². The fraction of sp³-hybridized carbons (Fsp3) is 0.261. The van der Waals surface area contributed by atoms with Crippen LogP contribution in [0.4, 0.5) is 11.4 Å². The van der Waals surface area contributed by atoms with Gasteiger partial charge in [0.05, 0.1) is 23.3 Å². The minimum absolute atomic E-state index is 0.185. The molecule has 0 bridgehead atoms. The van der Waals surface area contributed by atoms with Crippen LogP contribution in [0.1, 0.15) is 34.6 Å². The molecule has 1 amide bonds. The molecule has 1 atom stereocenters. The van der Waals surface area contributed by atoms with E-state index in [4.69, 9.17) is 9.47 Å². The SMILES string of the molecule is COCCOc1ccc(CNC(=O)c2ccc(NC(C)c3ccccn3)c([N+](=O)[O-])c2)cn1. The van der Waals surface area contributed by atoms with E-state index >= 15 is 0 Å². The van der Waals surface area contributed by atoms with Gasteiger partial charge in [0.1, 0.15) is 12.3 Å². The third-order valence-electron chi connectivity index (χ3n) is 4.75. The van der Waals surface area contributed by atoms with Gasteiger partial charge in [0, 0.05) is 43.7 Å². The number of nitrogens with one attached hydrogen (secondary N) is 2. The molecule has 0 aliphatic rings. The number of rotatable bonds is 11. The predicted octanol–water partition coefficient (Wildman–Crippen LogP) is 3.51. The van der Waals surface area contributed by atoms with Crippen LogP contribution in [0.25, 0.3) is 0 Å². The number of carbonyl (C=O) groups is 1. The van der Waals surface area contributed by atoms with Crippen molar-refractivity contribution in [2.24, 2.45) is 0 Å². The van der Waals surface area contributed by atoms with Crippen LogP contribution in [-0.4, -0.2) is 41.1 Å². The summed E-state index contributed by atoms with van der Waals surface area (Å²) >= 11 is 0. The summed E-state index contributed by atoms with van der Waals surface area (Å²) in [6.07, 6.45) is 3.25. The highest BCUT2D eigenvalue weighted by molar-refractivity contribution is 5.95. The minimum Gasteiger partial charge on any atom is -0.475 e. The van der Waals surface area contributed by atoms with Crippen molar-refractivity contribution in [2.45, 2.75) is 19.5 Å². The summed E-state index contributed by atoms with van der Waals surface area (Å²) in [4.78, 5) is 32.1. The van der Waals surface area contributed by atoms with Gasteiger partial charge in [-0.25, -0.2) is 4.98 Å². The van der Waals surface area contributed by atoms with E-state index in [1.165, 1.54) is 12.1 Å². The van der Waals surface area contributed by atoms with E-state index in [1.54, 1.807) is 43.8 Å². The first kappa shape index (κ1) is 23.6. The molecule has 0 saturated carbocycles. The first-order valence-corrected chi connectivity index (χ1v) is 10.3. The summed E-state index contributed by atoms with van der Waals surface area (Å²) in [7, 11) is 1.59. The van der Waals surface area contributed by atoms with Crippen molar-refractivity contribution in [1.29, 1.82) is 0 Å². The van der Waals surface area contributed by atoms with Gasteiger partial charge in [-0.05, 0) is 36.8 Å². The number of benzene rings is 1. The molecule has 172 valence electrons. The van der Waals surface area contributed by atoms with E-state index in [2.05, 4.69) is 20.6 Å². The molecule has 10 heteroatoms. The Bertz CT molecular complexity index is 1080. The molecule has 1 aromatic carbocycles. The number of pyridine rings is 2. The smallest absolute Gasteiger partial charge is 0.293 e. The van der Waals surface area contributed by atoms with Crippen molar-refractivity contribution in [3.63, 3.8) is 0 Å². The van der Waals surface area contributed by atoms with Crippen molar-refractivity contribution in [3.05, 3.63) is 87.9 Å². The van der Waals surface area contributed by atoms with E-state index in [-0.39, 0.29) is 23.8 Å². The normalized spacial score (nSPS) is 11.5. The van der Waals surface area contributed by atoms with Crippen LogP contribution in [-0.2, 0) is 11.3 Å². The number of nitrogens with zero attached hydrogens (tertiary/aromatic N) is 3. The Morgan fingerprint density at radius 3 is 2.67 bits per heavy atom. The van der Waals surface area contributed by atoms with Crippen molar-refractivity contribution >= 4 is 17.3 Å². The monoisotopic (exact) mass is 451 g/mol. The highest BCUT2D eigenvalue weighted by Gasteiger charge is 2.19. The van der Waals surface area contributed by atoms with Crippen molar-refractivity contribution in [1.82, 2.24) is 15.3 Å². The van der Waals surface area contributed by atoms with Crippen LogP contribution in [0.3, 0.4) is 0 Å². The highest BCUT2D eigenvalue weighted by atomic mass is 16.6. The third-order valence-corrected chi connectivity index (χ3v) is 4.75. The standard InChI is InChI=1S/C23H25N5O5/c1-16(19-5-3-4-10-24-19)27-20-8-7-18(13-21(20)28(30)31)23(29)26-15-17-6-9-22(25-14-17)33-12-11-32-2/h3-10,13-14,16,27H,11-12,15H2,1-2H3,(H,26,29). The number of methoxy groups -OCH3 is 1. The average Bonchev–Trinajstić information content (AvgIpc) is 2.84. The van der Waals surface area contributed by atoms with Gasteiger partial charge in [-0.2, -0.15) is 0 Å². The van der Waals surface area contributed by atoms with E-state index < -0.39 is 10.8 Å². The van der Waals surface area contributed by atoms with E-state index in [0.717, 1.165) is 11.3 Å². The lowest BCUT2D eigenvalue weighted by Gasteiger charge is -2.15. The maximum Gasteiger partial charge on any atom is 0.293 e. The lowest BCUT2D eigenvalue weighted by Crippen LogP contribution is -2.23. The average molecular weight is 451 g/mol. The van der Waals surface area contributed by atoms with Gasteiger partial charge in [0.25, 0.3) is 11.6 Å². The summed E-state index contributed by atoms with van der Waals surface area (Å²) in [6, 6.07) is 13.0. The molecule has 33 heavy (non-hydrogen) atoms. The van der Waals surface area contributed by atoms with Gasteiger partial charge in [0.15, 0.2) is 0 Å². The molecule has 0 spiro atoms. The molecule has 0 fully saturated rings. The number of anilines is 1. The second-order valence-electron chi connectivity index (χ2n) is 7.14. The number of carbonyl (C=O) groups excluding carboxylic acids is 1. The fourth-order valence-electron chi connectivity index (χ4n) is 3.00. The quantitative estimate of drug-likeness (QED) is 0.257. The fourth-order valence-corrected chi connectivity index (χ4v) is 3.00. The van der Waals surface area contributed by atoms with Gasteiger partial charge >= 0.3 is 0 Å². The van der Waals surface area contributed by atoms with Gasteiger partial charge in [0.2, 0.25) is 5.88 Å². The van der Waals surface area contributed by atoms with Gasteiger partial charge in [-0.1, -0.05) is 12.1 Å². The van der Waals surface area contributed by atoms with Gasteiger partial charge < -0.3 is 20.1 Å². The Balaban J connectivity index is 1.63. The zero-order chi connectivity index (χ0) is 23.6. The van der Waals surface area contributed by atoms with E-state index in [0.29, 0.717) is 24.8 Å². The Kier molecular flexibility index (Phi) is 8.25. The summed E-state index contributed by atoms with van der Waals surface area (Å²) < 4.78 is 10.3. The molecule has 1 unspecified atom stereocenters. The second kappa shape index (κ2) is 11.5. The zero-order valence-electron chi connectivity index (χ0n) is 18.4. The molecule has 0 radical (unpaired) electrons. The number of aromatic nitrogens is 2. The molecule has 2 N–H and O–H groups in total. The molecule has 2 heterocycles. The molecular formula is C23H25N5O5. The second-order valence-corrected chi connectivity index (χ2v) is 7.14. The third kappa shape index (κ3) is 6.71. The number of nitro groups is 1. The van der Waals surface area contributed by atoms with Crippen LogP contribution < -0.4 is 15.4 Å². The van der Waals surface area contributed by atoms with Crippen LogP contribution in [0.15, 0.2) is 60.9 Å². The highest BCUT2D eigenvalue weighted by Crippen LogP contribution is 2.29. The molecule has 3 aromatic rings. The topological polar surface area (TPSA) is 129 Å². The molecular weight excluding hydrogens is 426 g/mol. The first-order valence-electron chi connectivity index (χ1n) is 10.3. The summed E-state index contributed by atoms with van der Waals surface area (Å²) in [5, 5.41) is 17.4. The lowest BCUT2D eigenvalue weighted by atomic mass is 10.1. The Morgan fingerprint density at radius 2 is 2.00 bits per heavy atom. The summed E-state index contributed by atoms with van der Waals surface area (Å²) in [5.74, 6) is 0.0311. The largest absolute Gasteiger partial charge is 0.475 e. The Labute approximate surface area is 191 Å². The van der Waals surface area contributed by atoms with E-state index in [9.17, 15) is 14.9 Å². The minimum atomic E-state index is -0.517. The lowest BCUT2D eigenvalue weighted by molar-refractivity contribution is -0.384. The molecule has 0 aliphatic carbocycles. The van der Waals surface area contributed by atoms with Crippen LogP contribution in [0.2, 0.25) is 0 Å². The number of amides is 1. The number of nitro benzene ring substituents is 1.